The van der Waals surface area contributed by atoms with E-state index in [4.69, 9.17) is 0 Å². The van der Waals surface area contributed by atoms with Crippen molar-refractivity contribution >= 4 is 11.8 Å². The van der Waals surface area contributed by atoms with E-state index in [0.717, 1.165) is 23.5 Å². The smallest absolute Gasteiger partial charge is 0.269 e. The second-order valence-corrected chi connectivity index (χ2v) is 8.85. The summed E-state index contributed by atoms with van der Waals surface area (Å²) in [5.41, 5.74) is 7.43. The lowest BCUT2D eigenvalue weighted by Gasteiger charge is -2.20. The van der Waals surface area contributed by atoms with Crippen molar-refractivity contribution < 1.29 is 9.59 Å². The van der Waals surface area contributed by atoms with Gasteiger partial charge in [-0.3, -0.25) is 20.4 Å². The zero-order valence-corrected chi connectivity index (χ0v) is 17.8. The van der Waals surface area contributed by atoms with Crippen LogP contribution in [0.1, 0.15) is 48.0 Å². The molecule has 2 N–H and O–H groups in total. The molecule has 3 unspecified atom stereocenters. The van der Waals surface area contributed by atoms with Gasteiger partial charge in [-0.2, -0.15) is 4.80 Å². The highest BCUT2D eigenvalue weighted by Gasteiger charge is 2.40. The molecule has 2 aliphatic rings. The van der Waals surface area contributed by atoms with Gasteiger partial charge in [-0.1, -0.05) is 48.9 Å². The van der Waals surface area contributed by atoms with E-state index in [1.54, 1.807) is 12.1 Å². The predicted molar refractivity (Wildman–Crippen MR) is 118 cm³/mol. The molecule has 2 bridgehead atoms. The standard InChI is InChI=1S/C24H26N6O2/c31-22(14-21-13-17-8-11-20(21)12-17)25-27-24(32)19-9-6-16(7-10-19)15-30-28-23(26-29-30)18-4-2-1-3-5-18/h1-7,9-10,17,20-21H,8,11-15H2,(H,25,31)(H,27,32). The number of nitrogens with zero attached hydrogens (tertiary/aromatic N) is 4. The van der Waals surface area contributed by atoms with Gasteiger partial charge in [0.2, 0.25) is 11.7 Å². The lowest BCUT2D eigenvalue weighted by molar-refractivity contribution is -0.123. The summed E-state index contributed by atoms with van der Waals surface area (Å²) in [4.78, 5) is 26.1. The Morgan fingerprint density at radius 2 is 1.78 bits per heavy atom. The van der Waals surface area contributed by atoms with Crippen LogP contribution < -0.4 is 10.9 Å². The fraction of sp³-hybridized carbons (Fsp3) is 0.375. The maximum atomic E-state index is 12.4. The van der Waals surface area contributed by atoms with Crippen molar-refractivity contribution in [3.8, 4) is 11.4 Å². The number of amides is 2. The van der Waals surface area contributed by atoms with Crippen LogP contribution in [0.25, 0.3) is 11.4 Å². The lowest BCUT2D eigenvalue weighted by Crippen LogP contribution is -2.42. The summed E-state index contributed by atoms with van der Waals surface area (Å²) in [5, 5.41) is 12.6. The van der Waals surface area contributed by atoms with E-state index in [2.05, 4.69) is 26.3 Å². The number of aromatic nitrogens is 4. The third kappa shape index (κ3) is 4.54. The van der Waals surface area contributed by atoms with Crippen molar-refractivity contribution in [3.05, 3.63) is 65.7 Å². The van der Waals surface area contributed by atoms with Crippen molar-refractivity contribution in [2.24, 2.45) is 17.8 Å². The fourth-order valence-electron chi connectivity index (χ4n) is 5.05. The maximum Gasteiger partial charge on any atom is 0.269 e. The molecule has 5 rings (SSSR count). The molecular weight excluding hydrogens is 404 g/mol. The molecule has 8 nitrogen and oxygen atoms in total. The van der Waals surface area contributed by atoms with Crippen LogP contribution in [-0.2, 0) is 11.3 Å². The van der Waals surface area contributed by atoms with Crippen LogP contribution in [0.3, 0.4) is 0 Å². The largest absolute Gasteiger partial charge is 0.273 e. The van der Waals surface area contributed by atoms with Gasteiger partial charge in [-0.15, -0.1) is 10.2 Å². The molecule has 3 atom stereocenters. The van der Waals surface area contributed by atoms with Crippen molar-refractivity contribution in [1.29, 1.82) is 0 Å². The highest BCUT2D eigenvalue weighted by atomic mass is 16.2. The van der Waals surface area contributed by atoms with Crippen LogP contribution in [0.5, 0.6) is 0 Å². The minimum Gasteiger partial charge on any atom is -0.273 e. The molecule has 32 heavy (non-hydrogen) atoms. The Labute approximate surface area is 186 Å². The van der Waals surface area contributed by atoms with Crippen LogP contribution in [-0.4, -0.2) is 32.0 Å². The van der Waals surface area contributed by atoms with Crippen molar-refractivity contribution in [2.75, 3.05) is 0 Å². The van der Waals surface area contributed by atoms with Gasteiger partial charge in [0.1, 0.15) is 0 Å². The number of benzene rings is 2. The minimum absolute atomic E-state index is 0.112. The van der Waals surface area contributed by atoms with Crippen molar-refractivity contribution in [3.63, 3.8) is 0 Å². The molecule has 2 saturated carbocycles. The van der Waals surface area contributed by atoms with Crippen LogP contribution in [0.4, 0.5) is 0 Å². The van der Waals surface area contributed by atoms with Crippen LogP contribution >= 0.6 is 0 Å². The first-order valence-corrected chi connectivity index (χ1v) is 11.2. The van der Waals surface area contributed by atoms with Crippen LogP contribution in [0, 0.1) is 17.8 Å². The average molecular weight is 431 g/mol. The Balaban J connectivity index is 1.11. The van der Waals surface area contributed by atoms with Gasteiger partial charge < -0.3 is 0 Å². The first-order valence-electron chi connectivity index (χ1n) is 11.2. The minimum atomic E-state index is -0.330. The molecule has 164 valence electrons. The predicted octanol–water partition coefficient (Wildman–Crippen LogP) is 2.98. The van der Waals surface area contributed by atoms with Crippen molar-refractivity contribution in [1.82, 2.24) is 31.1 Å². The Kier molecular flexibility index (Phi) is 5.66. The molecule has 2 amide bonds. The maximum absolute atomic E-state index is 12.4. The number of tetrazole rings is 1. The molecule has 0 saturated heterocycles. The molecule has 0 radical (unpaired) electrons. The Bertz CT molecular complexity index is 1100. The number of carbonyl (C=O) groups is 2. The van der Waals surface area contributed by atoms with Gasteiger partial charge in [0.05, 0.1) is 6.54 Å². The van der Waals surface area contributed by atoms with E-state index in [9.17, 15) is 9.59 Å². The van der Waals surface area contributed by atoms with Crippen LogP contribution in [0.15, 0.2) is 54.6 Å². The molecule has 2 aliphatic carbocycles. The molecular formula is C24H26N6O2. The molecule has 1 heterocycles. The highest BCUT2D eigenvalue weighted by molar-refractivity contribution is 5.95. The number of hydrogen-bond donors (Lipinski definition) is 2. The number of hydrogen-bond acceptors (Lipinski definition) is 5. The molecule has 1 aromatic heterocycles. The topological polar surface area (TPSA) is 102 Å². The van der Waals surface area contributed by atoms with E-state index in [-0.39, 0.29) is 11.8 Å². The molecule has 2 fully saturated rings. The molecule has 3 aromatic rings. The first kappa shape index (κ1) is 20.4. The summed E-state index contributed by atoms with van der Waals surface area (Å²) in [6.45, 7) is 0.446. The third-order valence-electron chi connectivity index (χ3n) is 6.67. The first-order chi connectivity index (χ1) is 15.6. The molecule has 0 spiro atoms. The second kappa shape index (κ2) is 8.90. The average Bonchev–Trinajstić information content (AvgIpc) is 3.56. The van der Waals surface area contributed by atoms with Gasteiger partial charge in [0.25, 0.3) is 5.91 Å². The van der Waals surface area contributed by atoms with E-state index in [1.807, 2.05) is 42.5 Å². The molecule has 8 heteroatoms. The second-order valence-electron chi connectivity index (χ2n) is 8.85. The number of hydrazine groups is 1. The quantitative estimate of drug-likeness (QED) is 0.586. The van der Waals surface area contributed by atoms with E-state index in [0.29, 0.717) is 36.2 Å². The summed E-state index contributed by atoms with van der Waals surface area (Å²) >= 11 is 0. The number of rotatable bonds is 6. The van der Waals surface area contributed by atoms with Gasteiger partial charge in [-0.05, 0) is 59.9 Å². The Hall–Kier alpha value is -3.55. The number of nitrogens with one attached hydrogen (secondary N) is 2. The summed E-state index contributed by atoms with van der Waals surface area (Å²) in [7, 11) is 0. The van der Waals surface area contributed by atoms with Gasteiger partial charge in [0, 0.05) is 17.5 Å². The monoisotopic (exact) mass is 430 g/mol. The SMILES string of the molecule is O=C(CC1CC2CCC1C2)NNC(=O)c1ccc(Cn2nnc(-c3ccccc3)n2)cc1. The number of fused-ring (bicyclic) bond motifs is 2. The lowest BCUT2D eigenvalue weighted by atomic mass is 9.86. The van der Waals surface area contributed by atoms with Gasteiger partial charge in [-0.25, -0.2) is 0 Å². The normalized spacial score (nSPS) is 21.4. The highest BCUT2D eigenvalue weighted by Crippen LogP contribution is 2.49. The summed E-state index contributed by atoms with van der Waals surface area (Å²) in [5.74, 6) is 2.10. The van der Waals surface area contributed by atoms with E-state index in [1.165, 1.54) is 24.1 Å². The summed E-state index contributed by atoms with van der Waals surface area (Å²) in [6, 6.07) is 16.8. The Morgan fingerprint density at radius 3 is 2.50 bits per heavy atom. The molecule has 2 aromatic carbocycles. The number of carbonyl (C=O) groups excluding carboxylic acids is 2. The van der Waals surface area contributed by atoms with Gasteiger partial charge in [0.15, 0.2) is 0 Å². The molecule has 0 aliphatic heterocycles. The fourth-order valence-corrected chi connectivity index (χ4v) is 5.05. The Morgan fingerprint density at radius 1 is 0.969 bits per heavy atom. The zero-order chi connectivity index (χ0) is 21.9. The van der Waals surface area contributed by atoms with E-state index >= 15 is 0 Å². The summed E-state index contributed by atoms with van der Waals surface area (Å²) < 4.78 is 0. The zero-order valence-electron chi connectivity index (χ0n) is 17.8. The summed E-state index contributed by atoms with van der Waals surface area (Å²) in [6.07, 6.45) is 5.49. The van der Waals surface area contributed by atoms with E-state index < -0.39 is 0 Å². The van der Waals surface area contributed by atoms with Gasteiger partial charge >= 0.3 is 0 Å². The van der Waals surface area contributed by atoms with Crippen molar-refractivity contribution in [2.45, 2.75) is 38.6 Å². The van der Waals surface area contributed by atoms with Crippen LogP contribution in [0.2, 0.25) is 0 Å². The third-order valence-corrected chi connectivity index (χ3v) is 6.67.